The summed E-state index contributed by atoms with van der Waals surface area (Å²) in [6.45, 7) is 0. The van der Waals surface area contributed by atoms with Gasteiger partial charge in [0.2, 0.25) is 5.75 Å². The molecule has 1 heterocycles. The van der Waals surface area contributed by atoms with Crippen LogP contribution in [0, 0.1) is 0 Å². The van der Waals surface area contributed by atoms with Gasteiger partial charge in [0.05, 0.1) is 21.3 Å². The van der Waals surface area contributed by atoms with E-state index in [1.54, 1.807) is 21.3 Å². The topological polar surface area (TPSA) is 32.6 Å². The third-order valence-electron chi connectivity index (χ3n) is 5.42. The molecule has 27 heavy (non-hydrogen) atoms. The zero-order chi connectivity index (χ0) is 19.0. The minimum Gasteiger partial charge on any atom is -0.493 e. The summed E-state index contributed by atoms with van der Waals surface area (Å²) in [5.41, 5.74) is 6.31. The summed E-state index contributed by atoms with van der Waals surface area (Å²) >= 11 is 0. The molecule has 0 aliphatic heterocycles. The van der Waals surface area contributed by atoms with E-state index in [4.69, 9.17) is 14.2 Å². The molecule has 1 aliphatic carbocycles. The van der Waals surface area contributed by atoms with E-state index in [9.17, 15) is 0 Å². The first-order valence-corrected chi connectivity index (χ1v) is 9.25. The molecule has 0 amide bonds. The zero-order valence-electron chi connectivity index (χ0n) is 16.3. The molecule has 0 atom stereocenters. The SMILES string of the molecule is COc1cc(C2=CCCCc3c2ccc2c3ccn2C)cc(OC)c1OC. The number of benzene rings is 2. The van der Waals surface area contributed by atoms with Crippen LogP contribution in [0.4, 0.5) is 0 Å². The Balaban J connectivity index is 1.93. The van der Waals surface area contributed by atoms with E-state index in [1.165, 1.54) is 27.6 Å². The van der Waals surface area contributed by atoms with E-state index in [2.05, 4.69) is 42.1 Å². The molecule has 0 unspecified atom stereocenters. The fraction of sp³-hybridized carbons (Fsp3) is 0.304. The molecule has 2 aromatic carbocycles. The predicted octanol–water partition coefficient (Wildman–Crippen LogP) is 4.97. The summed E-state index contributed by atoms with van der Waals surface area (Å²) in [5.74, 6) is 1.98. The normalized spacial score (nSPS) is 13.7. The summed E-state index contributed by atoms with van der Waals surface area (Å²) in [4.78, 5) is 0. The monoisotopic (exact) mass is 363 g/mol. The van der Waals surface area contributed by atoms with Crippen molar-refractivity contribution in [2.75, 3.05) is 21.3 Å². The van der Waals surface area contributed by atoms with Crippen LogP contribution < -0.4 is 14.2 Å². The average molecular weight is 363 g/mol. The second-order valence-corrected chi connectivity index (χ2v) is 6.88. The number of methoxy groups -OCH3 is 3. The second kappa shape index (κ2) is 7.03. The van der Waals surface area contributed by atoms with E-state index >= 15 is 0 Å². The van der Waals surface area contributed by atoms with E-state index in [-0.39, 0.29) is 0 Å². The van der Waals surface area contributed by atoms with Gasteiger partial charge in [-0.05, 0) is 65.8 Å². The number of ether oxygens (including phenoxy) is 3. The van der Waals surface area contributed by atoms with Crippen molar-refractivity contribution in [1.29, 1.82) is 0 Å². The van der Waals surface area contributed by atoms with Crippen LogP contribution in [0.3, 0.4) is 0 Å². The van der Waals surface area contributed by atoms with Crippen molar-refractivity contribution < 1.29 is 14.2 Å². The Morgan fingerprint density at radius 2 is 1.67 bits per heavy atom. The maximum Gasteiger partial charge on any atom is 0.203 e. The predicted molar refractivity (Wildman–Crippen MR) is 109 cm³/mol. The van der Waals surface area contributed by atoms with Gasteiger partial charge >= 0.3 is 0 Å². The van der Waals surface area contributed by atoms with E-state index in [0.717, 1.165) is 24.8 Å². The summed E-state index contributed by atoms with van der Waals surface area (Å²) in [5, 5.41) is 1.34. The standard InChI is InChI=1S/C23H25NO3/c1-24-12-11-19-17-8-6-5-7-16(18(17)9-10-20(19)24)15-13-21(25-2)23(27-4)22(14-15)26-3/h7,9-14H,5-6,8H2,1-4H3. The average Bonchev–Trinajstić information content (AvgIpc) is 2.94. The first-order valence-electron chi connectivity index (χ1n) is 9.25. The van der Waals surface area contributed by atoms with Gasteiger partial charge < -0.3 is 18.8 Å². The lowest BCUT2D eigenvalue weighted by Gasteiger charge is -2.17. The number of hydrogen-bond donors (Lipinski definition) is 0. The maximum atomic E-state index is 5.57. The number of aryl methyl sites for hydroxylation is 2. The second-order valence-electron chi connectivity index (χ2n) is 6.88. The van der Waals surface area contributed by atoms with Crippen molar-refractivity contribution in [3.8, 4) is 17.2 Å². The lowest BCUT2D eigenvalue weighted by Crippen LogP contribution is -1.99. The Morgan fingerprint density at radius 3 is 2.33 bits per heavy atom. The number of allylic oxidation sites excluding steroid dienone is 1. The van der Waals surface area contributed by atoms with Crippen LogP contribution in [-0.2, 0) is 13.5 Å². The van der Waals surface area contributed by atoms with Gasteiger partial charge in [0, 0.05) is 24.1 Å². The highest BCUT2D eigenvalue weighted by molar-refractivity contribution is 5.93. The molecule has 4 rings (SSSR count). The zero-order valence-corrected chi connectivity index (χ0v) is 16.3. The first-order chi connectivity index (χ1) is 13.2. The molecule has 4 nitrogen and oxygen atoms in total. The summed E-state index contributed by atoms with van der Waals surface area (Å²) < 4.78 is 18.8. The van der Waals surface area contributed by atoms with Crippen LogP contribution in [0.1, 0.15) is 29.5 Å². The van der Waals surface area contributed by atoms with Crippen LogP contribution >= 0.6 is 0 Å². The van der Waals surface area contributed by atoms with Crippen LogP contribution in [0.5, 0.6) is 17.2 Å². The van der Waals surface area contributed by atoms with Crippen molar-refractivity contribution in [1.82, 2.24) is 4.57 Å². The molecule has 0 fully saturated rings. The van der Waals surface area contributed by atoms with Crippen molar-refractivity contribution >= 4 is 16.5 Å². The highest BCUT2D eigenvalue weighted by Crippen LogP contribution is 2.43. The molecule has 4 heteroatoms. The van der Waals surface area contributed by atoms with E-state index in [1.807, 2.05) is 12.1 Å². The number of aromatic nitrogens is 1. The van der Waals surface area contributed by atoms with Crippen LogP contribution in [0.25, 0.3) is 16.5 Å². The van der Waals surface area contributed by atoms with Gasteiger partial charge in [-0.25, -0.2) is 0 Å². The molecule has 0 spiro atoms. The molecule has 0 radical (unpaired) electrons. The Hall–Kier alpha value is -2.88. The highest BCUT2D eigenvalue weighted by Gasteiger charge is 2.20. The van der Waals surface area contributed by atoms with Crippen LogP contribution in [0.15, 0.2) is 42.6 Å². The van der Waals surface area contributed by atoms with Gasteiger partial charge in [-0.1, -0.05) is 12.1 Å². The fourth-order valence-corrected chi connectivity index (χ4v) is 4.08. The first kappa shape index (κ1) is 17.5. The largest absolute Gasteiger partial charge is 0.493 e. The molecule has 1 aliphatic rings. The minimum absolute atomic E-state index is 0.622. The van der Waals surface area contributed by atoms with Crippen molar-refractivity contribution in [3.63, 3.8) is 0 Å². The molecule has 3 aromatic rings. The van der Waals surface area contributed by atoms with Crippen molar-refractivity contribution in [2.24, 2.45) is 7.05 Å². The Labute approximate surface area is 160 Å². The third kappa shape index (κ3) is 2.85. The lowest BCUT2D eigenvalue weighted by atomic mass is 9.91. The molecule has 140 valence electrons. The van der Waals surface area contributed by atoms with Gasteiger partial charge in [-0.3, -0.25) is 0 Å². The van der Waals surface area contributed by atoms with Gasteiger partial charge in [0.25, 0.3) is 0 Å². The van der Waals surface area contributed by atoms with Crippen LogP contribution in [-0.4, -0.2) is 25.9 Å². The number of nitrogens with zero attached hydrogens (tertiary/aromatic N) is 1. The van der Waals surface area contributed by atoms with Gasteiger partial charge in [-0.2, -0.15) is 0 Å². The highest BCUT2D eigenvalue weighted by atomic mass is 16.5. The number of rotatable bonds is 4. The van der Waals surface area contributed by atoms with Crippen LogP contribution in [0.2, 0.25) is 0 Å². The lowest BCUT2D eigenvalue weighted by molar-refractivity contribution is 0.324. The Kier molecular flexibility index (Phi) is 4.56. The Bertz CT molecular complexity index is 1000. The Morgan fingerprint density at radius 1 is 0.926 bits per heavy atom. The molecule has 0 saturated carbocycles. The molecule has 0 N–H and O–H groups in total. The molecular formula is C23H25NO3. The summed E-state index contributed by atoms with van der Waals surface area (Å²) in [7, 11) is 7.04. The third-order valence-corrected chi connectivity index (χ3v) is 5.42. The number of hydrogen-bond acceptors (Lipinski definition) is 3. The van der Waals surface area contributed by atoms with E-state index in [0.29, 0.717) is 17.2 Å². The number of fused-ring (bicyclic) bond motifs is 3. The van der Waals surface area contributed by atoms with Crippen molar-refractivity contribution in [3.05, 3.63) is 59.3 Å². The van der Waals surface area contributed by atoms with Gasteiger partial charge in [0.15, 0.2) is 11.5 Å². The molecule has 0 saturated heterocycles. The fourth-order valence-electron chi connectivity index (χ4n) is 4.08. The molecule has 1 aromatic heterocycles. The maximum absolute atomic E-state index is 5.57. The smallest absolute Gasteiger partial charge is 0.203 e. The van der Waals surface area contributed by atoms with E-state index < -0.39 is 0 Å². The molecular weight excluding hydrogens is 338 g/mol. The van der Waals surface area contributed by atoms with Gasteiger partial charge in [-0.15, -0.1) is 0 Å². The van der Waals surface area contributed by atoms with Gasteiger partial charge in [0.1, 0.15) is 0 Å². The summed E-state index contributed by atoms with van der Waals surface area (Å²) in [6.07, 6.45) is 7.75. The molecule has 0 bridgehead atoms. The van der Waals surface area contributed by atoms with Crippen molar-refractivity contribution in [2.45, 2.75) is 19.3 Å². The minimum atomic E-state index is 0.622. The summed E-state index contributed by atoms with van der Waals surface area (Å²) in [6, 6.07) is 10.8. The quantitative estimate of drug-likeness (QED) is 0.656.